The Labute approximate surface area is 352 Å². The largest absolute Gasteiger partial charge is 2.00 e. The Hall–Kier alpha value is -2.43. The van der Waals surface area contributed by atoms with Crippen molar-refractivity contribution in [3.8, 4) is 11.8 Å². The monoisotopic (exact) mass is 793 g/mol. The predicted octanol–water partition coefficient (Wildman–Crippen LogP) is 17.1. The summed E-state index contributed by atoms with van der Waals surface area (Å²) >= 11 is 0. The molecule has 2 aromatic rings. The number of allylic oxidation sites excluding steroid dienone is 2. The fourth-order valence-electron chi connectivity index (χ4n) is 7.32. The Balaban J connectivity index is 0.00000564. The second-order valence-electron chi connectivity index (χ2n) is 14.9. The van der Waals surface area contributed by atoms with Gasteiger partial charge in [0.1, 0.15) is 5.57 Å². The second-order valence-corrected chi connectivity index (χ2v) is 14.9. The van der Waals surface area contributed by atoms with Crippen molar-refractivity contribution in [1.29, 1.82) is 0 Å². The van der Waals surface area contributed by atoms with Gasteiger partial charge in [0.15, 0.2) is 0 Å². The third-order valence-corrected chi connectivity index (χ3v) is 10.4. The SMILES string of the molecule is CCCCCCCCCCCCCCCCCCC#CC1=C(c2cccc(CCCC)c2)[N+](=[N-])C(c2cccc(CCCC)c2)=C1CCCC.[CH2-]C.[CH2-]C.[Ni+2]. The fraction of sp³-hybridized carbons (Fsp3) is 0.615. The van der Waals surface area contributed by atoms with E-state index in [2.05, 4.69) is 102 Å². The summed E-state index contributed by atoms with van der Waals surface area (Å²) in [4.78, 5) is 0. The number of hydrogen-bond acceptors (Lipinski definition) is 0. The van der Waals surface area contributed by atoms with Crippen molar-refractivity contribution in [3.05, 3.63) is 101 Å². The Morgan fingerprint density at radius 1 is 0.491 bits per heavy atom. The van der Waals surface area contributed by atoms with E-state index in [1.54, 1.807) is 13.8 Å². The van der Waals surface area contributed by atoms with Crippen molar-refractivity contribution in [2.24, 2.45) is 0 Å². The van der Waals surface area contributed by atoms with Gasteiger partial charge in [-0.25, -0.2) is 4.70 Å². The van der Waals surface area contributed by atoms with Crippen molar-refractivity contribution in [2.75, 3.05) is 0 Å². The minimum absolute atomic E-state index is 0. The van der Waals surface area contributed by atoms with Crippen molar-refractivity contribution in [3.63, 3.8) is 0 Å². The summed E-state index contributed by atoms with van der Waals surface area (Å²) in [7, 11) is 0. The Bertz CT molecular complexity index is 1390. The van der Waals surface area contributed by atoms with Crippen molar-refractivity contribution >= 4 is 11.4 Å². The van der Waals surface area contributed by atoms with E-state index in [-0.39, 0.29) is 16.5 Å². The molecule has 3 heteroatoms. The van der Waals surface area contributed by atoms with E-state index in [1.165, 1.54) is 143 Å². The molecule has 2 aromatic carbocycles. The van der Waals surface area contributed by atoms with Gasteiger partial charge in [-0.1, -0.05) is 179 Å². The molecule has 0 aliphatic carbocycles. The van der Waals surface area contributed by atoms with E-state index in [9.17, 15) is 5.53 Å². The zero-order valence-corrected chi connectivity index (χ0v) is 37.6. The average Bonchev–Trinajstić information content (AvgIpc) is 3.49. The van der Waals surface area contributed by atoms with Gasteiger partial charge in [-0.15, -0.1) is 0 Å². The summed E-state index contributed by atoms with van der Waals surface area (Å²) in [5, 5.41) is 0. The second kappa shape index (κ2) is 36.0. The summed E-state index contributed by atoms with van der Waals surface area (Å²) < 4.78 is 1.49. The number of hydrogen-bond donors (Lipinski definition) is 0. The van der Waals surface area contributed by atoms with E-state index < -0.39 is 0 Å². The molecule has 2 nitrogen and oxygen atoms in total. The predicted molar refractivity (Wildman–Crippen MR) is 241 cm³/mol. The number of unbranched alkanes of at least 4 members (excludes halogenated alkanes) is 19. The van der Waals surface area contributed by atoms with Crippen LogP contribution in [0.15, 0.2) is 59.7 Å². The molecule has 0 spiro atoms. The Morgan fingerprint density at radius 2 is 0.873 bits per heavy atom. The van der Waals surface area contributed by atoms with Gasteiger partial charge in [0.2, 0.25) is 11.4 Å². The van der Waals surface area contributed by atoms with E-state index in [1.807, 2.05) is 0 Å². The Morgan fingerprint density at radius 3 is 1.31 bits per heavy atom. The fourth-order valence-corrected chi connectivity index (χ4v) is 7.32. The van der Waals surface area contributed by atoms with Crippen molar-refractivity contribution < 1.29 is 21.2 Å². The van der Waals surface area contributed by atoms with Crippen LogP contribution in [-0.2, 0) is 29.3 Å². The summed E-state index contributed by atoms with van der Waals surface area (Å²) in [5.41, 5.74) is 20.9. The van der Waals surface area contributed by atoms with Gasteiger partial charge < -0.3 is 19.4 Å². The zero-order valence-electron chi connectivity index (χ0n) is 36.6. The molecule has 0 saturated heterocycles. The van der Waals surface area contributed by atoms with Crippen LogP contribution in [0.4, 0.5) is 0 Å². The summed E-state index contributed by atoms with van der Waals surface area (Å²) in [6, 6.07) is 17.7. The van der Waals surface area contributed by atoms with Crippen molar-refractivity contribution in [1.82, 2.24) is 0 Å². The first-order chi connectivity index (χ1) is 26.6. The third kappa shape index (κ3) is 21.1. The molecule has 1 aliphatic heterocycles. The number of nitrogens with zero attached hydrogens (tertiary/aromatic N) is 2. The van der Waals surface area contributed by atoms with Crippen LogP contribution in [0.2, 0.25) is 0 Å². The van der Waals surface area contributed by atoms with Gasteiger partial charge >= 0.3 is 16.5 Å². The molecular formula is C52H82N2Ni. The third-order valence-electron chi connectivity index (χ3n) is 10.4. The number of aryl methyl sites for hydroxylation is 2. The van der Waals surface area contributed by atoms with Crippen LogP contribution in [-0.4, -0.2) is 4.70 Å². The topological polar surface area (TPSA) is 25.3 Å². The molecule has 55 heavy (non-hydrogen) atoms. The maximum absolute atomic E-state index is 12.0. The molecule has 1 heterocycles. The van der Waals surface area contributed by atoms with Crippen LogP contribution in [0, 0.1) is 25.7 Å². The molecule has 3 rings (SSSR count). The summed E-state index contributed by atoms with van der Waals surface area (Å²) in [5.74, 6) is 7.24. The van der Waals surface area contributed by atoms with E-state index in [0.717, 1.165) is 73.0 Å². The van der Waals surface area contributed by atoms with E-state index in [4.69, 9.17) is 0 Å². The number of rotatable bonds is 27. The summed E-state index contributed by atoms with van der Waals surface area (Å²) in [6.07, 6.45) is 33.0. The smallest absolute Gasteiger partial charge is 0.493 e. The molecule has 1 aliphatic rings. The number of benzene rings is 2. The van der Waals surface area contributed by atoms with Crippen LogP contribution in [0.3, 0.4) is 0 Å². The maximum atomic E-state index is 12.0. The van der Waals surface area contributed by atoms with Gasteiger partial charge in [0, 0.05) is 23.1 Å². The van der Waals surface area contributed by atoms with Gasteiger partial charge in [0.25, 0.3) is 0 Å². The van der Waals surface area contributed by atoms with Crippen LogP contribution in [0.25, 0.3) is 16.9 Å². The zero-order chi connectivity index (χ0) is 39.7. The van der Waals surface area contributed by atoms with Crippen LogP contribution in [0.5, 0.6) is 0 Å². The molecule has 0 fully saturated rings. The molecule has 0 amide bonds. The molecule has 310 valence electrons. The van der Waals surface area contributed by atoms with Crippen LogP contribution >= 0.6 is 0 Å². The minimum atomic E-state index is 0. The normalized spacial score (nSPS) is 12.0. The molecular weight excluding hydrogens is 711 g/mol. The van der Waals surface area contributed by atoms with Gasteiger partial charge in [-0.05, 0) is 80.3 Å². The quantitative estimate of drug-likeness (QED) is 0.0283. The molecule has 0 atom stereocenters. The maximum Gasteiger partial charge on any atom is 2.00 e. The van der Waals surface area contributed by atoms with Crippen LogP contribution in [0.1, 0.15) is 218 Å². The van der Waals surface area contributed by atoms with E-state index >= 15 is 0 Å². The minimum Gasteiger partial charge on any atom is -0.493 e. The first-order valence-corrected chi connectivity index (χ1v) is 22.7. The first kappa shape index (κ1) is 52.6. The Kier molecular flexibility index (Phi) is 34.4. The standard InChI is InChI=1S/C48H72N2.2C2H5.Ni/c1-5-9-13-14-15-16-17-18-19-20-21-22-23-24-25-26-27-28-38-46-45(37-12-8-4)47(43-35-29-33-41(39-43)31-10-6-2)50(49)48(46)44-36-30-34-42(40-44)32-11-7-3;2*1-2;/h29-30,33-36,39-40H,5-27,31-32,37H2,1-4H3;2*1H2,2H3;/q;2*-1;+2. The first-order valence-electron chi connectivity index (χ1n) is 22.7. The molecule has 0 N–H and O–H groups in total. The van der Waals surface area contributed by atoms with E-state index in [0.29, 0.717) is 0 Å². The van der Waals surface area contributed by atoms with Gasteiger partial charge in [-0.3, -0.25) is 0 Å². The van der Waals surface area contributed by atoms with Crippen molar-refractivity contribution in [2.45, 2.75) is 208 Å². The molecule has 0 radical (unpaired) electrons. The molecule has 0 bridgehead atoms. The average molecular weight is 794 g/mol. The molecule has 0 unspecified atom stereocenters. The van der Waals surface area contributed by atoms with Crippen LogP contribution < -0.4 is 0 Å². The summed E-state index contributed by atoms with van der Waals surface area (Å²) in [6.45, 7) is 19.0. The van der Waals surface area contributed by atoms with Gasteiger partial charge in [-0.2, -0.15) is 13.8 Å². The molecule has 0 saturated carbocycles. The van der Waals surface area contributed by atoms with Gasteiger partial charge in [0.05, 0.1) is 0 Å². The molecule has 0 aromatic heterocycles.